The molecule has 1 aromatic carbocycles. The first kappa shape index (κ1) is 15.0. The van der Waals surface area contributed by atoms with Crippen molar-refractivity contribution in [3.05, 3.63) is 52.8 Å². The van der Waals surface area contributed by atoms with Crippen LogP contribution in [0.5, 0.6) is 0 Å². The van der Waals surface area contributed by atoms with Crippen LogP contribution in [0.3, 0.4) is 0 Å². The summed E-state index contributed by atoms with van der Waals surface area (Å²) in [4.78, 5) is 11.2. The lowest BCUT2D eigenvalue weighted by molar-refractivity contribution is 0.328. The van der Waals surface area contributed by atoms with E-state index in [2.05, 4.69) is 52.2 Å². The summed E-state index contributed by atoms with van der Waals surface area (Å²) in [5.41, 5.74) is 5.15. The third kappa shape index (κ3) is 3.63. The summed E-state index contributed by atoms with van der Waals surface area (Å²) in [5, 5.41) is 3.46. The van der Waals surface area contributed by atoms with Gasteiger partial charge in [0.15, 0.2) is 0 Å². The van der Waals surface area contributed by atoms with Crippen LogP contribution in [-0.2, 0) is 6.54 Å². The van der Waals surface area contributed by atoms with Gasteiger partial charge in [0.1, 0.15) is 0 Å². The molecule has 0 bridgehead atoms. The third-order valence-corrected chi connectivity index (χ3v) is 4.29. The van der Waals surface area contributed by atoms with Crippen molar-refractivity contribution in [1.29, 1.82) is 0 Å². The lowest BCUT2D eigenvalue weighted by Gasteiger charge is -2.18. The highest BCUT2D eigenvalue weighted by Gasteiger charge is 2.23. The van der Waals surface area contributed by atoms with Crippen LogP contribution in [-0.4, -0.2) is 34.0 Å². The number of hydrogen-bond donors (Lipinski definition) is 1. The van der Waals surface area contributed by atoms with Gasteiger partial charge in [-0.2, -0.15) is 0 Å². The number of aryl methyl sites for hydroxylation is 3. The molecule has 1 fully saturated rings. The Morgan fingerprint density at radius 2 is 2.09 bits per heavy atom. The number of benzene rings is 1. The van der Waals surface area contributed by atoms with Crippen molar-refractivity contribution in [2.45, 2.75) is 39.8 Å². The minimum Gasteiger partial charge on any atom is -0.350 e. The second-order valence-electron chi connectivity index (χ2n) is 6.32. The Bertz CT molecular complexity index is 653. The Kier molecular flexibility index (Phi) is 4.39. The number of likely N-dealkylation sites (tertiary alicyclic amines) is 1. The number of nitrogens with zero attached hydrogens (tertiary/aromatic N) is 3. The van der Waals surface area contributed by atoms with Gasteiger partial charge in [0.2, 0.25) is 5.95 Å². The van der Waals surface area contributed by atoms with Gasteiger partial charge in [-0.15, -0.1) is 0 Å². The van der Waals surface area contributed by atoms with E-state index in [9.17, 15) is 0 Å². The van der Waals surface area contributed by atoms with Gasteiger partial charge in [-0.25, -0.2) is 9.97 Å². The van der Waals surface area contributed by atoms with Crippen LogP contribution in [0.4, 0.5) is 5.95 Å². The maximum atomic E-state index is 4.43. The highest BCUT2D eigenvalue weighted by Crippen LogP contribution is 2.18. The van der Waals surface area contributed by atoms with Gasteiger partial charge in [-0.1, -0.05) is 23.8 Å². The van der Waals surface area contributed by atoms with Gasteiger partial charge in [-0.05, 0) is 44.4 Å². The molecule has 2 aromatic rings. The molecule has 0 aliphatic carbocycles. The van der Waals surface area contributed by atoms with E-state index >= 15 is 0 Å². The van der Waals surface area contributed by atoms with Gasteiger partial charge in [0, 0.05) is 37.6 Å². The van der Waals surface area contributed by atoms with Crippen LogP contribution < -0.4 is 5.32 Å². The minimum absolute atomic E-state index is 0.438. The SMILES string of the molecule is Cc1ccc(CN2CCC(Nc3nccc(C)n3)C2)c(C)c1. The van der Waals surface area contributed by atoms with Crippen molar-refractivity contribution in [3.63, 3.8) is 0 Å². The van der Waals surface area contributed by atoms with E-state index in [0.29, 0.717) is 6.04 Å². The number of nitrogens with one attached hydrogen (secondary N) is 1. The normalized spacial score (nSPS) is 18.6. The molecule has 1 aromatic heterocycles. The molecule has 1 unspecified atom stereocenters. The second-order valence-corrected chi connectivity index (χ2v) is 6.32. The van der Waals surface area contributed by atoms with Crippen LogP contribution in [0.2, 0.25) is 0 Å². The average molecular weight is 296 g/mol. The fourth-order valence-corrected chi connectivity index (χ4v) is 3.06. The Morgan fingerprint density at radius 1 is 1.23 bits per heavy atom. The number of anilines is 1. The molecule has 2 heterocycles. The van der Waals surface area contributed by atoms with Crippen LogP contribution in [0.25, 0.3) is 0 Å². The lowest BCUT2D eigenvalue weighted by atomic mass is 10.1. The maximum absolute atomic E-state index is 4.43. The van der Waals surface area contributed by atoms with Crippen molar-refractivity contribution in [3.8, 4) is 0 Å². The monoisotopic (exact) mass is 296 g/mol. The lowest BCUT2D eigenvalue weighted by Crippen LogP contribution is -2.27. The highest BCUT2D eigenvalue weighted by atomic mass is 15.2. The molecule has 1 saturated heterocycles. The fraction of sp³-hybridized carbons (Fsp3) is 0.444. The van der Waals surface area contributed by atoms with Gasteiger partial charge in [0.05, 0.1) is 0 Å². The molecule has 1 atom stereocenters. The molecule has 4 heteroatoms. The van der Waals surface area contributed by atoms with E-state index in [0.717, 1.165) is 37.7 Å². The summed E-state index contributed by atoms with van der Waals surface area (Å²) in [6.45, 7) is 9.54. The van der Waals surface area contributed by atoms with Gasteiger partial charge in [0.25, 0.3) is 0 Å². The molecule has 1 aliphatic heterocycles. The van der Waals surface area contributed by atoms with E-state index < -0.39 is 0 Å². The van der Waals surface area contributed by atoms with Crippen molar-refractivity contribution < 1.29 is 0 Å². The average Bonchev–Trinajstić information content (AvgIpc) is 2.89. The minimum atomic E-state index is 0.438. The second kappa shape index (κ2) is 6.44. The Labute approximate surface area is 132 Å². The summed E-state index contributed by atoms with van der Waals surface area (Å²) in [5.74, 6) is 0.748. The first-order valence-corrected chi connectivity index (χ1v) is 7.95. The molecule has 4 nitrogen and oxygen atoms in total. The quantitative estimate of drug-likeness (QED) is 0.941. The highest BCUT2D eigenvalue weighted by molar-refractivity contribution is 5.31. The standard InChI is InChI=1S/C18H24N4/c1-13-4-5-16(14(2)10-13)11-22-9-7-17(12-22)21-18-19-8-6-15(3)20-18/h4-6,8,10,17H,7,9,11-12H2,1-3H3,(H,19,20,21). The Hall–Kier alpha value is -1.94. The van der Waals surface area contributed by atoms with Crippen LogP contribution in [0.1, 0.15) is 28.8 Å². The fourth-order valence-electron chi connectivity index (χ4n) is 3.06. The summed E-state index contributed by atoms with van der Waals surface area (Å²) in [6, 6.07) is 9.09. The van der Waals surface area contributed by atoms with Crippen molar-refractivity contribution in [1.82, 2.24) is 14.9 Å². The van der Waals surface area contributed by atoms with E-state index in [1.807, 2.05) is 19.2 Å². The van der Waals surface area contributed by atoms with E-state index in [-0.39, 0.29) is 0 Å². The first-order valence-electron chi connectivity index (χ1n) is 7.95. The predicted molar refractivity (Wildman–Crippen MR) is 90.0 cm³/mol. The van der Waals surface area contributed by atoms with Crippen molar-refractivity contribution in [2.24, 2.45) is 0 Å². The van der Waals surface area contributed by atoms with Crippen LogP contribution in [0.15, 0.2) is 30.5 Å². The molecular formula is C18H24N4. The van der Waals surface area contributed by atoms with Crippen molar-refractivity contribution >= 4 is 5.95 Å². The molecule has 0 amide bonds. The zero-order valence-electron chi connectivity index (χ0n) is 13.6. The zero-order valence-corrected chi connectivity index (χ0v) is 13.6. The largest absolute Gasteiger partial charge is 0.350 e. The first-order chi connectivity index (χ1) is 10.6. The molecule has 22 heavy (non-hydrogen) atoms. The van der Waals surface area contributed by atoms with E-state index in [1.54, 1.807) is 0 Å². The third-order valence-electron chi connectivity index (χ3n) is 4.29. The topological polar surface area (TPSA) is 41.0 Å². The molecule has 0 radical (unpaired) electrons. The smallest absolute Gasteiger partial charge is 0.223 e. The van der Waals surface area contributed by atoms with Crippen molar-refractivity contribution in [2.75, 3.05) is 18.4 Å². The number of rotatable bonds is 4. The van der Waals surface area contributed by atoms with Crippen LogP contribution in [0, 0.1) is 20.8 Å². The molecule has 3 rings (SSSR count). The molecule has 116 valence electrons. The Morgan fingerprint density at radius 3 is 2.86 bits per heavy atom. The summed E-state index contributed by atoms with van der Waals surface area (Å²) in [6.07, 6.45) is 2.95. The van der Waals surface area contributed by atoms with E-state index in [1.165, 1.54) is 16.7 Å². The van der Waals surface area contributed by atoms with Gasteiger partial charge >= 0.3 is 0 Å². The number of aromatic nitrogens is 2. The molecular weight excluding hydrogens is 272 g/mol. The van der Waals surface area contributed by atoms with E-state index in [4.69, 9.17) is 0 Å². The predicted octanol–water partition coefficient (Wildman–Crippen LogP) is 3.09. The van der Waals surface area contributed by atoms with Gasteiger partial charge in [-0.3, -0.25) is 4.90 Å². The molecule has 1 aliphatic rings. The molecule has 1 N–H and O–H groups in total. The summed E-state index contributed by atoms with van der Waals surface area (Å²) < 4.78 is 0. The Balaban J connectivity index is 1.58. The zero-order chi connectivity index (χ0) is 15.5. The molecule has 0 saturated carbocycles. The number of hydrogen-bond acceptors (Lipinski definition) is 4. The summed E-state index contributed by atoms with van der Waals surface area (Å²) >= 11 is 0. The van der Waals surface area contributed by atoms with Crippen LogP contribution >= 0.6 is 0 Å². The summed E-state index contributed by atoms with van der Waals surface area (Å²) in [7, 11) is 0. The van der Waals surface area contributed by atoms with Gasteiger partial charge < -0.3 is 5.32 Å². The maximum Gasteiger partial charge on any atom is 0.223 e. The molecule has 0 spiro atoms.